The second kappa shape index (κ2) is 4.33. The summed E-state index contributed by atoms with van der Waals surface area (Å²) in [6.07, 6.45) is 0. The van der Waals surface area contributed by atoms with Gasteiger partial charge in [-0.3, -0.25) is 0 Å². The second-order valence-corrected chi connectivity index (χ2v) is 3.74. The molecule has 0 aliphatic carbocycles. The number of rotatable bonds is 3. The third kappa shape index (κ3) is 3.98. The molecule has 1 unspecified atom stereocenters. The van der Waals surface area contributed by atoms with E-state index >= 15 is 0 Å². The van der Waals surface area contributed by atoms with E-state index in [1.165, 1.54) is 0 Å². The van der Waals surface area contributed by atoms with Gasteiger partial charge in [-0.05, 0) is 11.8 Å². The first-order valence-corrected chi connectivity index (χ1v) is 3.81. The fourth-order valence-corrected chi connectivity index (χ4v) is 0.965. The standard InChI is InChI=1S/C4H8N4OS2/c5-2-11-4(10,1-9)8-3(6)7/h9-10H,1H2,(H4,6,7,8). The number of aliphatic hydroxyl groups is 1. The number of hydrogen-bond donors (Lipinski definition) is 4. The van der Waals surface area contributed by atoms with Gasteiger partial charge in [0.25, 0.3) is 0 Å². The van der Waals surface area contributed by atoms with Gasteiger partial charge >= 0.3 is 0 Å². The maximum absolute atomic E-state index is 8.70. The van der Waals surface area contributed by atoms with Crippen molar-refractivity contribution in [3.8, 4) is 5.40 Å². The summed E-state index contributed by atoms with van der Waals surface area (Å²) in [6, 6.07) is 0. The largest absolute Gasteiger partial charge is 0.392 e. The Bertz CT molecular complexity index is 197. The molecule has 1 atom stereocenters. The van der Waals surface area contributed by atoms with Gasteiger partial charge in [0.05, 0.1) is 6.61 Å². The van der Waals surface area contributed by atoms with E-state index in [9.17, 15) is 0 Å². The van der Waals surface area contributed by atoms with Crippen molar-refractivity contribution in [3.63, 3.8) is 0 Å². The minimum atomic E-state index is -1.24. The third-order valence-electron chi connectivity index (χ3n) is 0.719. The van der Waals surface area contributed by atoms with Gasteiger partial charge in [0.1, 0.15) is 5.40 Å². The van der Waals surface area contributed by atoms with Crippen LogP contribution in [0.15, 0.2) is 4.99 Å². The van der Waals surface area contributed by atoms with Crippen LogP contribution in [-0.2, 0) is 0 Å². The number of thiocyanates is 1. The van der Waals surface area contributed by atoms with E-state index in [1.807, 2.05) is 0 Å². The summed E-state index contributed by atoms with van der Waals surface area (Å²) in [4.78, 5) is 3.54. The molecule has 7 heteroatoms. The highest BCUT2D eigenvalue weighted by atomic mass is 32.2. The molecule has 0 saturated carbocycles. The summed E-state index contributed by atoms with van der Waals surface area (Å²) in [7, 11) is 0. The van der Waals surface area contributed by atoms with E-state index < -0.39 is 10.8 Å². The monoisotopic (exact) mass is 192 g/mol. The molecule has 5 nitrogen and oxygen atoms in total. The Morgan fingerprint density at radius 2 is 2.36 bits per heavy atom. The summed E-state index contributed by atoms with van der Waals surface area (Å²) in [5.41, 5.74) is 10.1. The first-order chi connectivity index (χ1) is 5.04. The Balaban J connectivity index is 4.37. The lowest BCUT2D eigenvalue weighted by molar-refractivity contribution is 0.288. The predicted molar refractivity (Wildman–Crippen MR) is 47.8 cm³/mol. The van der Waals surface area contributed by atoms with Crippen LogP contribution < -0.4 is 11.5 Å². The Labute approximate surface area is 73.9 Å². The van der Waals surface area contributed by atoms with Gasteiger partial charge in [-0.2, -0.15) is 5.26 Å². The van der Waals surface area contributed by atoms with Crippen LogP contribution in [0.25, 0.3) is 0 Å². The van der Waals surface area contributed by atoms with E-state index in [4.69, 9.17) is 21.8 Å². The molecule has 0 aromatic carbocycles. The van der Waals surface area contributed by atoms with Crippen molar-refractivity contribution in [2.75, 3.05) is 6.61 Å². The molecular weight excluding hydrogens is 184 g/mol. The molecule has 0 heterocycles. The SMILES string of the molecule is N#CSC(S)(CO)N=C(N)N. The van der Waals surface area contributed by atoms with Crippen LogP contribution in [-0.4, -0.2) is 21.9 Å². The van der Waals surface area contributed by atoms with Crippen molar-refractivity contribution >= 4 is 30.4 Å². The van der Waals surface area contributed by atoms with Crippen LogP contribution in [0.5, 0.6) is 0 Å². The van der Waals surface area contributed by atoms with Crippen molar-refractivity contribution < 1.29 is 5.11 Å². The average Bonchev–Trinajstić information content (AvgIpc) is 1.87. The molecule has 0 fully saturated rings. The number of aliphatic imine (C=N–C) groups is 1. The Morgan fingerprint density at radius 3 is 2.64 bits per heavy atom. The molecular formula is C4H8N4OS2. The van der Waals surface area contributed by atoms with Crippen LogP contribution in [0.2, 0.25) is 0 Å². The zero-order valence-corrected chi connectivity index (χ0v) is 7.27. The Kier molecular flexibility index (Phi) is 4.10. The summed E-state index contributed by atoms with van der Waals surface area (Å²) < 4.78 is -1.24. The quantitative estimate of drug-likeness (QED) is 0.151. The molecule has 0 saturated heterocycles. The molecule has 0 radical (unpaired) electrons. The van der Waals surface area contributed by atoms with E-state index in [2.05, 4.69) is 17.6 Å². The summed E-state index contributed by atoms with van der Waals surface area (Å²) in [5.74, 6) is -0.211. The highest BCUT2D eigenvalue weighted by Crippen LogP contribution is 2.29. The molecule has 0 amide bonds. The zero-order valence-electron chi connectivity index (χ0n) is 5.56. The summed E-state index contributed by atoms with van der Waals surface area (Å²) in [5, 5.41) is 18.7. The number of nitrogens with two attached hydrogens (primary N) is 2. The third-order valence-corrected chi connectivity index (χ3v) is 1.87. The van der Waals surface area contributed by atoms with Crippen LogP contribution in [0.4, 0.5) is 0 Å². The van der Waals surface area contributed by atoms with E-state index in [0.717, 1.165) is 0 Å². The van der Waals surface area contributed by atoms with E-state index in [-0.39, 0.29) is 5.96 Å². The van der Waals surface area contributed by atoms with Gasteiger partial charge in [0.15, 0.2) is 10.2 Å². The normalized spacial score (nSPS) is 14.6. The van der Waals surface area contributed by atoms with Gasteiger partial charge in [-0.1, -0.05) is 0 Å². The Hall–Kier alpha value is -0.580. The molecule has 0 aliphatic rings. The van der Waals surface area contributed by atoms with Gasteiger partial charge in [0, 0.05) is 0 Å². The van der Waals surface area contributed by atoms with E-state index in [0.29, 0.717) is 11.8 Å². The van der Waals surface area contributed by atoms with Crippen molar-refractivity contribution in [1.29, 1.82) is 5.26 Å². The molecule has 5 N–H and O–H groups in total. The second-order valence-electron chi connectivity index (χ2n) is 1.63. The molecule has 0 aromatic rings. The van der Waals surface area contributed by atoms with Crippen LogP contribution >= 0.6 is 24.4 Å². The number of guanidine groups is 1. The Morgan fingerprint density at radius 1 is 1.82 bits per heavy atom. The average molecular weight is 192 g/mol. The smallest absolute Gasteiger partial charge is 0.189 e. The lowest BCUT2D eigenvalue weighted by Gasteiger charge is -2.15. The van der Waals surface area contributed by atoms with Gasteiger partial charge in [0.2, 0.25) is 0 Å². The van der Waals surface area contributed by atoms with Crippen molar-refractivity contribution in [1.82, 2.24) is 0 Å². The van der Waals surface area contributed by atoms with Crippen molar-refractivity contribution in [2.24, 2.45) is 16.5 Å². The fraction of sp³-hybridized carbons (Fsp3) is 0.500. The first kappa shape index (κ1) is 10.4. The minimum Gasteiger partial charge on any atom is -0.392 e. The molecule has 0 spiro atoms. The summed E-state index contributed by atoms with van der Waals surface area (Å²) in [6.45, 7) is -0.410. The topological polar surface area (TPSA) is 108 Å². The number of thiol groups is 1. The molecule has 0 bridgehead atoms. The van der Waals surface area contributed by atoms with Gasteiger partial charge in [-0.25, -0.2) is 4.99 Å². The minimum absolute atomic E-state index is 0.211. The fourth-order valence-electron chi connectivity index (χ4n) is 0.365. The highest BCUT2D eigenvalue weighted by Gasteiger charge is 2.24. The molecule has 11 heavy (non-hydrogen) atoms. The molecule has 0 aromatic heterocycles. The van der Waals surface area contributed by atoms with Crippen molar-refractivity contribution in [3.05, 3.63) is 0 Å². The van der Waals surface area contributed by atoms with Gasteiger partial charge in [-0.15, -0.1) is 12.6 Å². The maximum Gasteiger partial charge on any atom is 0.189 e. The lowest BCUT2D eigenvalue weighted by Crippen LogP contribution is -2.30. The van der Waals surface area contributed by atoms with Gasteiger partial charge < -0.3 is 16.6 Å². The zero-order chi connectivity index (χ0) is 8.91. The molecule has 0 rings (SSSR count). The first-order valence-electron chi connectivity index (χ1n) is 2.55. The van der Waals surface area contributed by atoms with Crippen LogP contribution in [0.1, 0.15) is 0 Å². The number of nitrogens with zero attached hydrogens (tertiary/aromatic N) is 2. The van der Waals surface area contributed by atoms with E-state index in [1.54, 1.807) is 5.40 Å². The summed E-state index contributed by atoms with van der Waals surface area (Å²) >= 11 is 4.56. The van der Waals surface area contributed by atoms with Crippen molar-refractivity contribution in [2.45, 2.75) is 4.20 Å². The lowest BCUT2D eigenvalue weighted by atomic mass is 10.7. The predicted octanol–water partition coefficient (Wildman–Crippen LogP) is -0.950. The number of hydrogen-bond acceptors (Lipinski definition) is 5. The molecule has 0 aliphatic heterocycles. The maximum atomic E-state index is 8.70. The van der Waals surface area contributed by atoms with Crippen LogP contribution in [0.3, 0.4) is 0 Å². The number of aliphatic hydroxyl groups excluding tert-OH is 1. The number of thioether (sulfide) groups is 1. The highest BCUT2D eigenvalue weighted by molar-refractivity contribution is 8.14. The molecule has 62 valence electrons. The number of nitriles is 1. The van der Waals surface area contributed by atoms with Crippen LogP contribution in [0, 0.1) is 10.7 Å².